The molecule has 0 saturated carbocycles. The van der Waals surface area contributed by atoms with Gasteiger partial charge in [-0.2, -0.15) is 5.26 Å². The predicted molar refractivity (Wildman–Crippen MR) is 90.5 cm³/mol. The fraction of sp³-hybridized carbons (Fsp3) is 0.611. The first-order valence-corrected chi connectivity index (χ1v) is 7.99. The molecule has 0 aliphatic heterocycles. The van der Waals surface area contributed by atoms with E-state index < -0.39 is 5.54 Å². The number of unbranched alkanes of at least 4 members (excludes halogenated alkanes) is 1. The van der Waals surface area contributed by atoms with Crippen molar-refractivity contribution in [3.05, 3.63) is 30.3 Å². The van der Waals surface area contributed by atoms with Crippen LogP contribution in [0.2, 0.25) is 0 Å². The summed E-state index contributed by atoms with van der Waals surface area (Å²) >= 11 is 0. The topological polar surface area (TPSA) is 39.1 Å². The minimum atomic E-state index is -0.405. The van der Waals surface area contributed by atoms with Crippen molar-refractivity contribution in [2.24, 2.45) is 0 Å². The highest BCUT2D eigenvalue weighted by molar-refractivity contribution is 5.45. The van der Waals surface area contributed by atoms with Crippen molar-refractivity contribution in [3.63, 3.8) is 0 Å². The Labute approximate surface area is 130 Å². The van der Waals surface area contributed by atoms with E-state index in [2.05, 4.69) is 61.3 Å². The van der Waals surface area contributed by atoms with Gasteiger partial charge in [0.15, 0.2) is 0 Å². The highest BCUT2D eigenvalue weighted by Crippen LogP contribution is 2.17. The monoisotopic (exact) mass is 287 g/mol. The highest BCUT2D eigenvalue weighted by Gasteiger charge is 2.23. The number of hydrogen-bond donors (Lipinski definition) is 1. The Balaban J connectivity index is 2.40. The Morgan fingerprint density at radius 2 is 1.90 bits per heavy atom. The van der Waals surface area contributed by atoms with Gasteiger partial charge in [-0.1, -0.05) is 18.2 Å². The average molecular weight is 287 g/mol. The maximum Gasteiger partial charge on any atom is 0.104 e. The van der Waals surface area contributed by atoms with Crippen LogP contribution in [0.25, 0.3) is 0 Å². The molecule has 1 N–H and O–H groups in total. The third-order valence-electron chi connectivity index (χ3n) is 3.71. The molecular weight excluding hydrogens is 258 g/mol. The molecule has 0 fully saturated rings. The lowest BCUT2D eigenvalue weighted by molar-refractivity contribution is 0.370. The number of nitriles is 1. The number of nitrogens with zero attached hydrogens (tertiary/aromatic N) is 2. The lowest BCUT2D eigenvalue weighted by atomic mass is 9.95. The Bertz CT molecular complexity index is 436. The fourth-order valence-corrected chi connectivity index (χ4v) is 2.69. The van der Waals surface area contributed by atoms with Crippen LogP contribution >= 0.6 is 0 Å². The van der Waals surface area contributed by atoms with Gasteiger partial charge in [-0.05, 0) is 59.1 Å². The molecule has 21 heavy (non-hydrogen) atoms. The summed E-state index contributed by atoms with van der Waals surface area (Å²) in [6, 6.07) is 13.3. The van der Waals surface area contributed by atoms with Crippen molar-refractivity contribution in [1.29, 1.82) is 5.26 Å². The number of anilines is 1. The van der Waals surface area contributed by atoms with Gasteiger partial charge in [0.2, 0.25) is 0 Å². The molecule has 0 radical (unpaired) electrons. The fourth-order valence-electron chi connectivity index (χ4n) is 2.69. The van der Waals surface area contributed by atoms with E-state index in [0.717, 1.165) is 32.4 Å². The quantitative estimate of drug-likeness (QED) is 0.699. The maximum atomic E-state index is 9.34. The first-order chi connectivity index (χ1) is 10.0. The van der Waals surface area contributed by atoms with Gasteiger partial charge in [0.05, 0.1) is 6.07 Å². The van der Waals surface area contributed by atoms with Crippen molar-refractivity contribution in [2.45, 2.75) is 58.5 Å². The van der Waals surface area contributed by atoms with Crippen LogP contribution in [-0.2, 0) is 0 Å². The molecule has 1 rings (SSSR count). The van der Waals surface area contributed by atoms with Crippen LogP contribution in [0, 0.1) is 11.3 Å². The molecule has 0 aromatic heterocycles. The molecule has 116 valence electrons. The molecule has 1 atom stereocenters. The lowest BCUT2D eigenvalue weighted by Gasteiger charge is -2.27. The minimum Gasteiger partial charge on any atom is -0.372 e. The third kappa shape index (κ3) is 6.18. The van der Waals surface area contributed by atoms with Gasteiger partial charge < -0.3 is 4.90 Å². The van der Waals surface area contributed by atoms with Gasteiger partial charge >= 0.3 is 0 Å². The summed E-state index contributed by atoms with van der Waals surface area (Å²) in [6.07, 6.45) is 3.07. The van der Waals surface area contributed by atoms with E-state index in [-0.39, 0.29) is 0 Å². The van der Waals surface area contributed by atoms with E-state index in [0.29, 0.717) is 6.04 Å². The molecule has 3 nitrogen and oxygen atoms in total. The summed E-state index contributed by atoms with van der Waals surface area (Å²) < 4.78 is 0. The minimum absolute atomic E-state index is 0.339. The zero-order valence-corrected chi connectivity index (χ0v) is 13.9. The van der Waals surface area contributed by atoms with E-state index in [4.69, 9.17) is 0 Å². The normalized spacial score (nSPS) is 13.7. The van der Waals surface area contributed by atoms with Gasteiger partial charge in [0, 0.05) is 24.8 Å². The van der Waals surface area contributed by atoms with Gasteiger partial charge in [-0.25, -0.2) is 0 Å². The molecule has 1 aromatic rings. The van der Waals surface area contributed by atoms with E-state index in [9.17, 15) is 5.26 Å². The first kappa shape index (κ1) is 17.5. The largest absolute Gasteiger partial charge is 0.372 e. The van der Waals surface area contributed by atoms with Crippen LogP contribution < -0.4 is 10.2 Å². The average Bonchev–Trinajstić information content (AvgIpc) is 2.47. The van der Waals surface area contributed by atoms with E-state index >= 15 is 0 Å². The summed E-state index contributed by atoms with van der Waals surface area (Å²) in [5.41, 5.74) is 0.876. The summed E-state index contributed by atoms with van der Waals surface area (Å²) in [6.45, 7) is 10.4. The van der Waals surface area contributed by atoms with E-state index in [1.165, 1.54) is 5.69 Å². The Kier molecular flexibility index (Phi) is 7.25. The van der Waals surface area contributed by atoms with Gasteiger partial charge in [-0.15, -0.1) is 0 Å². The Morgan fingerprint density at radius 1 is 1.24 bits per heavy atom. The van der Waals surface area contributed by atoms with Crippen molar-refractivity contribution in [2.75, 3.05) is 18.0 Å². The summed E-state index contributed by atoms with van der Waals surface area (Å²) in [5, 5.41) is 12.7. The smallest absolute Gasteiger partial charge is 0.104 e. The Hall–Kier alpha value is -1.53. The van der Waals surface area contributed by atoms with Gasteiger partial charge in [0.25, 0.3) is 0 Å². The maximum absolute atomic E-state index is 9.34. The standard InChI is InChI=1S/C18H29N3/c1-5-21(17-11-7-6-8-12-17)14-10-9-13-18(4,15-19)20-16(2)3/h6-8,11-12,16,20H,5,9-10,13-14H2,1-4H3. The molecule has 3 heteroatoms. The summed E-state index contributed by atoms with van der Waals surface area (Å²) in [4.78, 5) is 2.39. The van der Waals surface area contributed by atoms with Crippen LogP contribution in [0.5, 0.6) is 0 Å². The summed E-state index contributed by atoms with van der Waals surface area (Å²) in [5.74, 6) is 0. The number of benzene rings is 1. The van der Waals surface area contributed by atoms with Crippen LogP contribution in [-0.4, -0.2) is 24.7 Å². The number of para-hydroxylation sites is 1. The van der Waals surface area contributed by atoms with Crippen molar-refractivity contribution in [3.8, 4) is 6.07 Å². The number of hydrogen-bond acceptors (Lipinski definition) is 3. The second-order valence-electron chi connectivity index (χ2n) is 6.12. The SMILES string of the molecule is CCN(CCCCC(C)(C#N)NC(C)C)c1ccccc1. The van der Waals surface area contributed by atoms with Crippen molar-refractivity contribution >= 4 is 5.69 Å². The van der Waals surface area contributed by atoms with Crippen LogP contribution in [0.1, 0.15) is 47.0 Å². The molecule has 0 amide bonds. The van der Waals surface area contributed by atoms with Crippen LogP contribution in [0.15, 0.2) is 30.3 Å². The molecule has 1 unspecified atom stereocenters. The molecule has 0 saturated heterocycles. The van der Waals surface area contributed by atoms with Gasteiger partial charge in [-0.3, -0.25) is 5.32 Å². The van der Waals surface area contributed by atoms with Crippen LogP contribution in [0.3, 0.4) is 0 Å². The highest BCUT2D eigenvalue weighted by atomic mass is 15.1. The number of nitrogens with one attached hydrogen (secondary N) is 1. The molecular formula is C18H29N3. The van der Waals surface area contributed by atoms with Gasteiger partial charge in [0.1, 0.15) is 5.54 Å². The molecule has 0 aliphatic carbocycles. The van der Waals surface area contributed by atoms with Crippen molar-refractivity contribution in [1.82, 2.24) is 5.32 Å². The van der Waals surface area contributed by atoms with Crippen molar-refractivity contribution < 1.29 is 0 Å². The molecule has 0 heterocycles. The Morgan fingerprint density at radius 3 is 2.43 bits per heavy atom. The molecule has 1 aromatic carbocycles. The van der Waals surface area contributed by atoms with Crippen LogP contribution in [0.4, 0.5) is 5.69 Å². The zero-order chi connectivity index (χ0) is 15.7. The third-order valence-corrected chi connectivity index (χ3v) is 3.71. The second kappa shape index (κ2) is 8.69. The molecule has 0 aliphatic rings. The van der Waals surface area contributed by atoms with E-state index in [1.54, 1.807) is 0 Å². The number of rotatable bonds is 9. The summed E-state index contributed by atoms with van der Waals surface area (Å²) in [7, 11) is 0. The van der Waals surface area contributed by atoms with E-state index in [1.807, 2.05) is 13.0 Å². The predicted octanol–water partition coefficient (Wildman–Crippen LogP) is 3.96. The first-order valence-electron chi connectivity index (χ1n) is 7.99. The lowest BCUT2D eigenvalue weighted by Crippen LogP contribution is -2.45. The second-order valence-corrected chi connectivity index (χ2v) is 6.12. The zero-order valence-electron chi connectivity index (χ0n) is 13.9. The molecule has 0 bridgehead atoms. The molecule has 0 spiro atoms.